The highest BCUT2D eigenvalue weighted by Crippen LogP contribution is 2.17. The third-order valence-electron chi connectivity index (χ3n) is 3.32. The zero-order valence-electron chi connectivity index (χ0n) is 13.7. The average Bonchev–Trinajstić information content (AvgIpc) is 2.57. The molecule has 0 aliphatic rings. The third kappa shape index (κ3) is 5.84. The van der Waals surface area contributed by atoms with Gasteiger partial charge in [-0.3, -0.25) is 9.52 Å². The fraction of sp³-hybridized carbons (Fsp3) is 0.235. The molecule has 0 aromatic heterocycles. The van der Waals surface area contributed by atoms with Gasteiger partial charge in [0, 0.05) is 19.3 Å². The van der Waals surface area contributed by atoms with Crippen LogP contribution in [0.15, 0.2) is 53.4 Å². The first-order chi connectivity index (χ1) is 11.9. The normalized spacial score (nSPS) is 11.1. The number of methoxy groups -OCH3 is 1. The molecule has 8 heteroatoms. The second kappa shape index (κ2) is 8.59. The van der Waals surface area contributed by atoms with E-state index in [9.17, 15) is 17.6 Å². The van der Waals surface area contributed by atoms with E-state index in [-0.39, 0.29) is 17.2 Å². The molecule has 0 atom stereocenters. The van der Waals surface area contributed by atoms with Crippen LogP contribution in [0.4, 0.5) is 10.1 Å². The topological polar surface area (TPSA) is 84.5 Å². The molecule has 2 N–H and O–H groups in total. The summed E-state index contributed by atoms with van der Waals surface area (Å²) < 4.78 is 44.6. The van der Waals surface area contributed by atoms with E-state index in [2.05, 4.69) is 10.0 Å². The number of anilines is 1. The molecular formula is C17H19FN2O4S. The largest absolute Gasteiger partial charge is 0.383 e. The molecule has 0 aliphatic heterocycles. The Hall–Kier alpha value is -2.45. The van der Waals surface area contributed by atoms with Gasteiger partial charge in [-0.2, -0.15) is 0 Å². The second-order valence-electron chi connectivity index (χ2n) is 5.28. The van der Waals surface area contributed by atoms with Crippen LogP contribution in [0.1, 0.15) is 5.56 Å². The lowest BCUT2D eigenvalue weighted by atomic mass is 10.1. The van der Waals surface area contributed by atoms with Gasteiger partial charge in [-0.25, -0.2) is 12.8 Å². The first-order valence-corrected chi connectivity index (χ1v) is 9.02. The van der Waals surface area contributed by atoms with Crippen molar-refractivity contribution in [1.82, 2.24) is 5.32 Å². The van der Waals surface area contributed by atoms with Crippen molar-refractivity contribution in [3.8, 4) is 0 Å². The van der Waals surface area contributed by atoms with E-state index < -0.39 is 15.8 Å². The molecule has 0 fully saturated rings. The molecule has 0 aliphatic carbocycles. The van der Waals surface area contributed by atoms with Crippen molar-refractivity contribution >= 4 is 21.6 Å². The lowest BCUT2D eigenvalue weighted by Crippen LogP contribution is -2.28. The number of amides is 1. The second-order valence-corrected chi connectivity index (χ2v) is 6.96. The maximum atomic E-state index is 12.9. The minimum atomic E-state index is -3.79. The number of carbonyl (C=O) groups is 1. The Kier molecular flexibility index (Phi) is 6.49. The predicted molar refractivity (Wildman–Crippen MR) is 92.2 cm³/mol. The fourth-order valence-electron chi connectivity index (χ4n) is 2.06. The van der Waals surface area contributed by atoms with Crippen molar-refractivity contribution in [2.75, 3.05) is 25.0 Å². The first-order valence-electron chi connectivity index (χ1n) is 7.54. The molecule has 0 spiro atoms. The van der Waals surface area contributed by atoms with Gasteiger partial charge in [0.1, 0.15) is 5.82 Å². The number of sulfonamides is 1. The van der Waals surface area contributed by atoms with Gasteiger partial charge in [0.2, 0.25) is 5.91 Å². The van der Waals surface area contributed by atoms with Crippen LogP contribution in [0.5, 0.6) is 0 Å². The van der Waals surface area contributed by atoms with Crippen molar-refractivity contribution in [2.24, 2.45) is 0 Å². The Morgan fingerprint density at radius 2 is 1.72 bits per heavy atom. The molecule has 6 nitrogen and oxygen atoms in total. The Morgan fingerprint density at radius 3 is 2.32 bits per heavy atom. The van der Waals surface area contributed by atoms with E-state index in [0.717, 1.165) is 17.7 Å². The Balaban J connectivity index is 1.97. The lowest BCUT2D eigenvalue weighted by Gasteiger charge is -2.09. The van der Waals surface area contributed by atoms with Crippen LogP contribution in [-0.4, -0.2) is 34.6 Å². The summed E-state index contributed by atoms with van der Waals surface area (Å²) >= 11 is 0. The number of nitrogens with one attached hydrogen (secondary N) is 2. The van der Waals surface area contributed by atoms with Gasteiger partial charge in [0.15, 0.2) is 0 Å². The Morgan fingerprint density at radius 1 is 1.08 bits per heavy atom. The Bertz CT molecular complexity index is 806. The number of halogens is 1. The van der Waals surface area contributed by atoms with E-state index in [4.69, 9.17) is 4.74 Å². The molecule has 2 rings (SSSR count). The van der Waals surface area contributed by atoms with E-state index in [1.807, 2.05) is 0 Å². The predicted octanol–water partition coefficient (Wildman–Crippen LogP) is 1.93. The molecule has 2 aromatic rings. The minimum Gasteiger partial charge on any atom is -0.383 e. The molecule has 0 bridgehead atoms. The van der Waals surface area contributed by atoms with Crippen molar-refractivity contribution in [1.29, 1.82) is 0 Å². The summed E-state index contributed by atoms with van der Waals surface area (Å²) in [5, 5.41) is 2.70. The first kappa shape index (κ1) is 18.9. The van der Waals surface area contributed by atoms with Crippen LogP contribution in [0.3, 0.4) is 0 Å². The lowest BCUT2D eigenvalue weighted by molar-refractivity contribution is -0.120. The quantitative estimate of drug-likeness (QED) is 0.699. The van der Waals surface area contributed by atoms with E-state index >= 15 is 0 Å². The summed E-state index contributed by atoms with van der Waals surface area (Å²) in [5.41, 5.74) is 1.10. The summed E-state index contributed by atoms with van der Waals surface area (Å²) in [6, 6.07) is 11.0. The van der Waals surface area contributed by atoms with E-state index in [1.54, 1.807) is 31.4 Å². The highest BCUT2D eigenvalue weighted by Gasteiger charge is 2.14. The Labute approximate surface area is 146 Å². The van der Waals surface area contributed by atoms with Gasteiger partial charge in [0.25, 0.3) is 10.0 Å². The smallest absolute Gasteiger partial charge is 0.261 e. The molecule has 25 heavy (non-hydrogen) atoms. The highest BCUT2D eigenvalue weighted by atomic mass is 32.2. The third-order valence-corrected chi connectivity index (χ3v) is 4.72. The summed E-state index contributed by atoms with van der Waals surface area (Å²) in [6.45, 7) is 0.876. The molecule has 0 heterocycles. The molecule has 1 amide bonds. The van der Waals surface area contributed by atoms with Gasteiger partial charge in [-0.15, -0.1) is 0 Å². The number of hydrogen-bond acceptors (Lipinski definition) is 4. The zero-order chi connectivity index (χ0) is 18.3. The van der Waals surface area contributed by atoms with Gasteiger partial charge in [-0.1, -0.05) is 12.1 Å². The van der Waals surface area contributed by atoms with E-state index in [0.29, 0.717) is 18.8 Å². The number of benzene rings is 2. The summed E-state index contributed by atoms with van der Waals surface area (Å²) in [6.07, 6.45) is 0.189. The summed E-state index contributed by atoms with van der Waals surface area (Å²) in [5.74, 6) is -0.649. The standard InChI is InChI=1S/C17H19FN2O4S/c1-24-11-10-19-17(21)12-13-2-6-15(7-3-13)20-25(22,23)16-8-4-14(18)5-9-16/h2-9,20H,10-12H2,1H3,(H,19,21). The number of ether oxygens (including phenoxy) is 1. The van der Waals surface area contributed by atoms with Gasteiger partial charge in [-0.05, 0) is 42.0 Å². The van der Waals surface area contributed by atoms with Crippen LogP contribution in [0.2, 0.25) is 0 Å². The van der Waals surface area contributed by atoms with Crippen LogP contribution in [0.25, 0.3) is 0 Å². The van der Waals surface area contributed by atoms with Gasteiger partial charge in [0.05, 0.1) is 17.9 Å². The molecule has 0 saturated heterocycles. The van der Waals surface area contributed by atoms with Crippen molar-refractivity contribution in [3.05, 3.63) is 59.9 Å². The minimum absolute atomic E-state index is 0.0319. The monoisotopic (exact) mass is 366 g/mol. The summed E-state index contributed by atoms with van der Waals surface area (Å²) in [7, 11) is -2.24. The van der Waals surface area contributed by atoms with Crippen LogP contribution < -0.4 is 10.0 Å². The fourth-order valence-corrected chi connectivity index (χ4v) is 3.12. The number of rotatable bonds is 8. The van der Waals surface area contributed by atoms with Crippen molar-refractivity contribution < 1.29 is 22.3 Å². The maximum Gasteiger partial charge on any atom is 0.261 e. The highest BCUT2D eigenvalue weighted by molar-refractivity contribution is 7.92. The van der Waals surface area contributed by atoms with Crippen LogP contribution >= 0.6 is 0 Å². The molecule has 2 aromatic carbocycles. The van der Waals surface area contributed by atoms with Crippen molar-refractivity contribution in [2.45, 2.75) is 11.3 Å². The molecular weight excluding hydrogens is 347 g/mol. The SMILES string of the molecule is COCCNC(=O)Cc1ccc(NS(=O)(=O)c2ccc(F)cc2)cc1. The number of carbonyl (C=O) groups excluding carboxylic acids is 1. The van der Waals surface area contributed by atoms with Crippen LogP contribution in [0, 0.1) is 5.82 Å². The summed E-state index contributed by atoms with van der Waals surface area (Å²) in [4.78, 5) is 11.7. The average molecular weight is 366 g/mol. The number of hydrogen-bond donors (Lipinski definition) is 2. The van der Waals surface area contributed by atoms with Crippen LogP contribution in [-0.2, 0) is 26.0 Å². The molecule has 0 unspecified atom stereocenters. The van der Waals surface area contributed by atoms with Gasteiger partial charge >= 0.3 is 0 Å². The van der Waals surface area contributed by atoms with Gasteiger partial charge < -0.3 is 10.1 Å². The molecule has 0 radical (unpaired) electrons. The maximum absolute atomic E-state index is 12.9. The zero-order valence-corrected chi connectivity index (χ0v) is 14.5. The van der Waals surface area contributed by atoms with Crippen molar-refractivity contribution in [3.63, 3.8) is 0 Å². The molecule has 134 valence electrons. The van der Waals surface area contributed by atoms with E-state index in [1.165, 1.54) is 12.1 Å². The molecule has 0 saturated carbocycles.